The van der Waals surface area contributed by atoms with E-state index < -0.39 is 6.43 Å². The molecule has 0 saturated carbocycles. The van der Waals surface area contributed by atoms with Crippen molar-refractivity contribution in [1.82, 2.24) is 10.3 Å². The van der Waals surface area contributed by atoms with Crippen molar-refractivity contribution in [2.45, 2.75) is 13.0 Å². The van der Waals surface area contributed by atoms with Crippen molar-refractivity contribution in [2.24, 2.45) is 0 Å². The van der Waals surface area contributed by atoms with Crippen molar-refractivity contribution in [1.29, 1.82) is 0 Å². The molecule has 0 atom stereocenters. The molecule has 0 aliphatic heterocycles. The van der Waals surface area contributed by atoms with Gasteiger partial charge in [-0.15, -0.1) is 0 Å². The summed E-state index contributed by atoms with van der Waals surface area (Å²) in [5.41, 5.74) is 0.845. The van der Waals surface area contributed by atoms with E-state index in [-0.39, 0.29) is 6.54 Å². The SMILES string of the molecule is CNCc1cc2ccccc2c(N(C)CC(F)F)n1. The van der Waals surface area contributed by atoms with E-state index in [1.165, 1.54) is 4.90 Å². The molecular formula is C14H17F2N3. The summed E-state index contributed by atoms with van der Waals surface area (Å²) >= 11 is 0. The highest BCUT2D eigenvalue weighted by molar-refractivity contribution is 5.92. The summed E-state index contributed by atoms with van der Waals surface area (Å²) < 4.78 is 25.1. The number of nitrogens with one attached hydrogen (secondary N) is 1. The highest BCUT2D eigenvalue weighted by Crippen LogP contribution is 2.25. The van der Waals surface area contributed by atoms with E-state index in [0.29, 0.717) is 12.4 Å². The average Bonchev–Trinajstić information content (AvgIpc) is 2.37. The summed E-state index contributed by atoms with van der Waals surface area (Å²) in [5.74, 6) is 0.601. The second-order valence-electron chi connectivity index (χ2n) is 4.46. The fourth-order valence-corrected chi connectivity index (χ4v) is 2.09. The van der Waals surface area contributed by atoms with Crippen LogP contribution >= 0.6 is 0 Å². The van der Waals surface area contributed by atoms with Gasteiger partial charge in [0.15, 0.2) is 0 Å². The number of alkyl halides is 2. The van der Waals surface area contributed by atoms with E-state index in [9.17, 15) is 8.78 Å². The van der Waals surface area contributed by atoms with Crippen LogP contribution in [0.4, 0.5) is 14.6 Å². The van der Waals surface area contributed by atoms with Gasteiger partial charge in [-0.1, -0.05) is 24.3 Å². The third-order valence-corrected chi connectivity index (χ3v) is 2.90. The van der Waals surface area contributed by atoms with E-state index in [1.807, 2.05) is 37.4 Å². The van der Waals surface area contributed by atoms with Crippen LogP contribution in [0.25, 0.3) is 10.8 Å². The first-order valence-electron chi connectivity index (χ1n) is 6.14. The van der Waals surface area contributed by atoms with Crippen LogP contribution in [-0.2, 0) is 6.54 Å². The fourth-order valence-electron chi connectivity index (χ4n) is 2.09. The summed E-state index contributed by atoms with van der Waals surface area (Å²) in [6.07, 6.45) is -2.38. The number of pyridine rings is 1. The van der Waals surface area contributed by atoms with Crippen molar-refractivity contribution in [3.8, 4) is 0 Å². The Labute approximate surface area is 111 Å². The van der Waals surface area contributed by atoms with Crippen molar-refractivity contribution in [3.63, 3.8) is 0 Å². The average molecular weight is 265 g/mol. The molecule has 0 saturated heterocycles. The van der Waals surface area contributed by atoms with Crippen LogP contribution in [0.3, 0.4) is 0 Å². The molecule has 0 aliphatic rings. The van der Waals surface area contributed by atoms with Crippen molar-refractivity contribution < 1.29 is 8.78 Å². The van der Waals surface area contributed by atoms with E-state index >= 15 is 0 Å². The molecular weight excluding hydrogens is 248 g/mol. The molecule has 0 unspecified atom stereocenters. The molecule has 0 bridgehead atoms. The van der Waals surface area contributed by atoms with Crippen LogP contribution < -0.4 is 10.2 Å². The topological polar surface area (TPSA) is 28.2 Å². The molecule has 2 aromatic rings. The zero-order valence-corrected chi connectivity index (χ0v) is 11.0. The van der Waals surface area contributed by atoms with Gasteiger partial charge in [-0.25, -0.2) is 13.8 Å². The quantitative estimate of drug-likeness (QED) is 0.901. The van der Waals surface area contributed by atoms with E-state index in [4.69, 9.17) is 0 Å². The maximum atomic E-state index is 12.5. The zero-order valence-electron chi connectivity index (χ0n) is 11.0. The molecule has 102 valence electrons. The minimum absolute atomic E-state index is 0.319. The number of anilines is 1. The monoisotopic (exact) mass is 265 g/mol. The molecule has 1 aromatic heterocycles. The Balaban J connectivity index is 2.49. The Morgan fingerprint density at radius 3 is 2.74 bits per heavy atom. The van der Waals surface area contributed by atoms with Crippen LogP contribution in [0.5, 0.6) is 0 Å². The largest absolute Gasteiger partial charge is 0.353 e. The maximum absolute atomic E-state index is 12.5. The molecule has 1 heterocycles. The smallest absolute Gasteiger partial charge is 0.255 e. The molecule has 2 rings (SSSR count). The van der Waals surface area contributed by atoms with E-state index in [2.05, 4.69) is 10.3 Å². The lowest BCUT2D eigenvalue weighted by molar-refractivity contribution is 0.156. The van der Waals surface area contributed by atoms with E-state index in [0.717, 1.165) is 16.5 Å². The number of nitrogens with zero attached hydrogens (tertiary/aromatic N) is 2. The van der Waals surface area contributed by atoms with Crippen LogP contribution in [0, 0.1) is 0 Å². The van der Waals surface area contributed by atoms with Gasteiger partial charge in [0.05, 0.1) is 12.2 Å². The Bertz CT molecular complexity index is 557. The molecule has 1 N–H and O–H groups in total. The van der Waals surface area contributed by atoms with Crippen molar-refractivity contribution in [3.05, 3.63) is 36.0 Å². The zero-order chi connectivity index (χ0) is 13.8. The number of hydrogen-bond donors (Lipinski definition) is 1. The first-order chi connectivity index (χ1) is 9.11. The van der Waals surface area contributed by atoms with Gasteiger partial charge in [-0.3, -0.25) is 0 Å². The maximum Gasteiger partial charge on any atom is 0.255 e. The lowest BCUT2D eigenvalue weighted by Gasteiger charge is -2.20. The first-order valence-corrected chi connectivity index (χ1v) is 6.14. The fraction of sp³-hybridized carbons (Fsp3) is 0.357. The predicted molar refractivity (Wildman–Crippen MR) is 73.8 cm³/mol. The van der Waals surface area contributed by atoms with Gasteiger partial charge in [0.1, 0.15) is 5.82 Å². The van der Waals surface area contributed by atoms with Gasteiger partial charge in [0.25, 0.3) is 6.43 Å². The number of fused-ring (bicyclic) bond motifs is 1. The first kappa shape index (κ1) is 13.7. The summed E-state index contributed by atoms with van der Waals surface area (Å²) in [5, 5.41) is 4.93. The summed E-state index contributed by atoms with van der Waals surface area (Å²) in [4.78, 5) is 5.98. The van der Waals surface area contributed by atoms with Gasteiger partial charge < -0.3 is 10.2 Å². The van der Waals surface area contributed by atoms with Gasteiger partial charge in [-0.05, 0) is 18.5 Å². The molecule has 0 aliphatic carbocycles. The Hall–Kier alpha value is -1.75. The molecule has 5 heteroatoms. The minimum Gasteiger partial charge on any atom is -0.353 e. The highest BCUT2D eigenvalue weighted by atomic mass is 19.3. The Morgan fingerprint density at radius 2 is 2.05 bits per heavy atom. The number of aromatic nitrogens is 1. The highest BCUT2D eigenvalue weighted by Gasteiger charge is 2.13. The lowest BCUT2D eigenvalue weighted by Crippen LogP contribution is -2.25. The number of halogens is 2. The molecule has 1 aromatic carbocycles. The van der Waals surface area contributed by atoms with Gasteiger partial charge in [-0.2, -0.15) is 0 Å². The number of benzene rings is 1. The lowest BCUT2D eigenvalue weighted by atomic mass is 10.1. The van der Waals surface area contributed by atoms with Crippen LogP contribution in [0.15, 0.2) is 30.3 Å². The molecule has 0 fully saturated rings. The number of rotatable bonds is 5. The second-order valence-corrected chi connectivity index (χ2v) is 4.46. The summed E-state index contributed by atoms with van der Waals surface area (Å²) in [6, 6.07) is 9.67. The van der Waals surface area contributed by atoms with Crippen LogP contribution in [-0.4, -0.2) is 32.0 Å². The molecule has 3 nitrogen and oxygen atoms in total. The third kappa shape index (κ3) is 3.17. The van der Waals surface area contributed by atoms with Gasteiger partial charge in [0.2, 0.25) is 0 Å². The Morgan fingerprint density at radius 1 is 1.32 bits per heavy atom. The number of hydrogen-bond acceptors (Lipinski definition) is 3. The third-order valence-electron chi connectivity index (χ3n) is 2.90. The van der Waals surface area contributed by atoms with Gasteiger partial charge >= 0.3 is 0 Å². The molecule has 19 heavy (non-hydrogen) atoms. The van der Waals surface area contributed by atoms with Crippen molar-refractivity contribution in [2.75, 3.05) is 25.5 Å². The minimum atomic E-state index is -2.38. The predicted octanol–water partition coefficient (Wildman–Crippen LogP) is 2.66. The summed E-state index contributed by atoms with van der Waals surface area (Å²) in [7, 11) is 3.48. The van der Waals surface area contributed by atoms with Crippen LogP contribution in [0.1, 0.15) is 5.69 Å². The molecule has 0 amide bonds. The Kier molecular flexibility index (Phi) is 4.27. The summed E-state index contributed by atoms with van der Waals surface area (Å²) in [6.45, 7) is 0.292. The molecule has 0 radical (unpaired) electrons. The van der Waals surface area contributed by atoms with Crippen LogP contribution in [0.2, 0.25) is 0 Å². The standard InChI is InChI=1S/C14H17F2N3/c1-17-8-11-7-10-5-3-4-6-12(10)14(18-11)19(2)9-13(15)16/h3-7,13,17H,8-9H2,1-2H3. The second kappa shape index (κ2) is 5.93. The molecule has 0 spiro atoms. The van der Waals surface area contributed by atoms with E-state index in [1.54, 1.807) is 7.05 Å². The van der Waals surface area contributed by atoms with Gasteiger partial charge in [0, 0.05) is 19.0 Å². The normalized spacial score (nSPS) is 11.2. The van der Waals surface area contributed by atoms with Crippen molar-refractivity contribution >= 4 is 16.6 Å².